The molecule has 1 saturated heterocycles. The monoisotopic (exact) mass is 383 g/mol. The van der Waals surface area contributed by atoms with Gasteiger partial charge in [0.1, 0.15) is 5.54 Å². The van der Waals surface area contributed by atoms with Gasteiger partial charge in [0.15, 0.2) is 0 Å². The van der Waals surface area contributed by atoms with E-state index in [4.69, 9.17) is 0 Å². The summed E-state index contributed by atoms with van der Waals surface area (Å²) in [5, 5.41) is 7.32. The van der Waals surface area contributed by atoms with Crippen LogP contribution in [0.4, 0.5) is 23.7 Å². The summed E-state index contributed by atoms with van der Waals surface area (Å²) in [6, 6.07) is 5.74. The Morgan fingerprint density at radius 3 is 2.63 bits per heavy atom. The molecule has 1 aliphatic heterocycles. The lowest BCUT2D eigenvalue weighted by molar-refractivity contribution is -0.185. The molecule has 0 spiro atoms. The molecule has 0 unspecified atom stereocenters. The molecular formula is C18H20F3N3O3. The van der Waals surface area contributed by atoms with Crippen LogP contribution in [0.1, 0.15) is 38.2 Å². The Morgan fingerprint density at radius 2 is 2.00 bits per heavy atom. The van der Waals surface area contributed by atoms with E-state index in [0.29, 0.717) is 24.1 Å². The van der Waals surface area contributed by atoms with Crippen molar-refractivity contribution in [3.05, 3.63) is 29.8 Å². The summed E-state index contributed by atoms with van der Waals surface area (Å²) in [5.74, 6) is -3.15. The predicted molar refractivity (Wildman–Crippen MR) is 90.6 cm³/mol. The van der Waals surface area contributed by atoms with E-state index in [2.05, 4.69) is 16.0 Å². The number of carbonyl (C=O) groups excluding carboxylic acids is 3. The fourth-order valence-electron chi connectivity index (χ4n) is 3.62. The van der Waals surface area contributed by atoms with Gasteiger partial charge in [0, 0.05) is 11.6 Å². The molecule has 0 aromatic heterocycles. The second kappa shape index (κ2) is 6.86. The van der Waals surface area contributed by atoms with Gasteiger partial charge in [0.05, 0.1) is 5.92 Å². The first kappa shape index (κ1) is 19.2. The molecule has 146 valence electrons. The van der Waals surface area contributed by atoms with Crippen LogP contribution in [-0.4, -0.2) is 24.0 Å². The van der Waals surface area contributed by atoms with Crippen molar-refractivity contribution in [3.8, 4) is 0 Å². The maximum Gasteiger partial charge on any atom is 0.391 e. The minimum atomic E-state index is -4.29. The summed E-state index contributed by atoms with van der Waals surface area (Å²) in [6.07, 6.45) is -3.69. The van der Waals surface area contributed by atoms with Crippen molar-refractivity contribution in [2.45, 2.75) is 44.3 Å². The molecule has 4 amide bonds. The van der Waals surface area contributed by atoms with Crippen molar-refractivity contribution in [2.75, 3.05) is 5.32 Å². The smallest absolute Gasteiger partial charge is 0.326 e. The number of alkyl halides is 3. The third kappa shape index (κ3) is 3.91. The van der Waals surface area contributed by atoms with Crippen LogP contribution in [0.15, 0.2) is 24.3 Å². The average Bonchev–Trinajstić information content (AvgIpc) is 2.87. The number of hydrogen-bond acceptors (Lipinski definition) is 3. The van der Waals surface area contributed by atoms with Gasteiger partial charge >= 0.3 is 12.2 Å². The summed E-state index contributed by atoms with van der Waals surface area (Å²) < 4.78 is 38.8. The van der Waals surface area contributed by atoms with Crippen LogP contribution in [0.3, 0.4) is 0 Å². The predicted octanol–water partition coefficient (Wildman–Crippen LogP) is 3.05. The molecule has 1 aliphatic carbocycles. The van der Waals surface area contributed by atoms with Crippen molar-refractivity contribution in [1.82, 2.24) is 10.6 Å². The highest BCUT2D eigenvalue weighted by Crippen LogP contribution is 2.40. The van der Waals surface area contributed by atoms with Crippen molar-refractivity contribution in [2.24, 2.45) is 11.8 Å². The molecule has 2 aliphatic rings. The Hall–Kier alpha value is -2.58. The number of anilines is 1. The summed E-state index contributed by atoms with van der Waals surface area (Å²) in [7, 11) is 0. The minimum Gasteiger partial charge on any atom is -0.326 e. The fourth-order valence-corrected chi connectivity index (χ4v) is 3.62. The first-order chi connectivity index (χ1) is 12.6. The van der Waals surface area contributed by atoms with E-state index in [0.717, 1.165) is 0 Å². The second-order valence-corrected chi connectivity index (χ2v) is 7.21. The van der Waals surface area contributed by atoms with E-state index in [-0.39, 0.29) is 12.8 Å². The molecule has 3 N–H and O–H groups in total. The Bertz CT molecular complexity index is 781. The topological polar surface area (TPSA) is 87.3 Å². The number of nitrogens with one attached hydrogen (secondary N) is 3. The van der Waals surface area contributed by atoms with E-state index in [1.54, 1.807) is 18.2 Å². The quantitative estimate of drug-likeness (QED) is 0.701. The van der Waals surface area contributed by atoms with E-state index in [1.807, 2.05) is 0 Å². The molecule has 9 heteroatoms. The lowest BCUT2D eigenvalue weighted by atomic mass is 9.80. The molecule has 6 nitrogen and oxygen atoms in total. The number of halogens is 3. The van der Waals surface area contributed by atoms with Crippen LogP contribution < -0.4 is 16.0 Å². The van der Waals surface area contributed by atoms with Gasteiger partial charge in [-0.3, -0.25) is 14.9 Å². The fraction of sp³-hybridized carbons (Fsp3) is 0.500. The van der Waals surface area contributed by atoms with Crippen LogP contribution in [0, 0.1) is 11.8 Å². The number of carbonyl (C=O) groups is 3. The second-order valence-electron chi connectivity index (χ2n) is 7.21. The van der Waals surface area contributed by atoms with Crippen LogP contribution in [-0.2, 0) is 15.1 Å². The number of imide groups is 1. The molecule has 0 radical (unpaired) electrons. The van der Waals surface area contributed by atoms with E-state index in [9.17, 15) is 27.6 Å². The van der Waals surface area contributed by atoms with Crippen LogP contribution in [0.25, 0.3) is 0 Å². The van der Waals surface area contributed by atoms with Gasteiger partial charge in [0.25, 0.3) is 5.91 Å². The summed E-state index contributed by atoms with van der Waals surface area (Å²) in [4.78, 5) is 35.9. The molecule has 2 fully saturated rings. The molecule has 1 heterocycles. The Kier molecular flexibility index (Phi) is 4.88. The SMILES string of the molecule is C[C@]1(c2cccc(NC(=O)[C@@H]3CCC[C@@H](C(F)(F)F)C3)c2)NC(=O)NC1=O. The highest BCUT2D eigenvalue weighted by molar-refractivity contribution is 6.07. The zero-order chi connectivity index (χ0) is 19.8. The highest BCUT2D eigenvalue weighted by atomic mass is 19.4. The van der Waals surface area contributed by atoms with Gasteiger partial charge in [-0.2, -0.15) is 13.2 Å². The minimum absolute atomic E-state index is 0.0515. The molecule has 1 aromatic rings. The first-order valence-electron chi connectivity index (χ1n) is 8.71. The zero-order valence-corrected chi connectivity index (χ0v) is 14.7. The molecule has 1 aromatic carbocycles. The van der Waals surface area contributed by atoms with Crippen LogP contribution >= 0.6 is 0 Å². The van der Waals surface area contributed by atoms with Crippen LogP contribution in [0.2, 0.25) is 0 Å². The number of hydrogen-bond donors (Lipinski definition) is 3. The normalized spacial score (nSPS) is 28.4. The van der Waals surface area contributed by atoms with Crippen molar-refractivity contribution >= 4 is 23.5 Å². The van der Waals surface area contributed by atoms with Gasteiger partial charge in [-0.1, -0.05) is 18.6 Å². The number of rotatable bonds is 3. The number of urea groups is 1. The molecule has 27 heavy (non-hydrogen) atoms. The third-order valence-corrected chi connectivity index (χ3v) is 5.26. The van der Waals surface area contributed by atoms with Crippen molar-refractivity contribution < 1.29 is 27.6 Å². The Morgan fingerprint density at radius 1 is 1.26 bits per heavy atom. The lowest BCUT2D eigenvalue weighted by Gasteiger charge is -2.29. The molecular weight excluding hydrogens is 363 g/mol. The van der Waals surface area contributed by atoms with Crippen molar-refractivity contribution in [1.29, 1.82) is 0 Å². The maximum atomic E-state index is 12.9. The van der Waals surface area contributed by atoms with E-state index in [1.165, 1.54) is 13.0 Å². The summed E-state index contributed by atoms with van der Waals surface area (Å²) >= 11 is 0. The van der Waals surface area contributed by atoms with E-state index < -0.39 is 41.4 Å². The highest BCUT2D eigenvalue weighted by Gasteiger charge is 2.44. The molecule has 1 saturated carbocycles. The van der Waals surface area contributed by atoms with Crippen molar-refractivity contribution in [3.63, 3.8) is 0 Å². The van der Waals surface area contributed by atoms with E-state index >= 15 is 0 Å². The summed E-state index contributed by atoms with van der Waals surface area (Å²) in [5.41, 5.74) is -0.452. The van der Waals surface area contributed by atoms with Gasteiger partial charge in [-0.25, -0.2) is 4.79 Å². The lowest BCUT2D eigenvalue weighted by Crippen LogP contribution is -2.40. The summed E-state index contributed by atoms with van der Waals surface area (Å²) in [6.45, 7) is 1.53. The third-order valence-electron chi connectivity index (χ3n) is 5.26. The van der Waals surface area contributed by atoms with Gasteiger partial charge in [0.2, 0.25) is 5.91 Å². The zero-order valence-electron chi connectivity index (χ0n) is 14.7. The van der Waals surface area contributed by atoms with Gasteiger partial charge in [-0.15, -0.1) is 0 Å². The number of amides is 4. The average molecular weight is 383 g/mol. The Balaban J connectivity index is 1.72. The molecule has 3 rings (SSSR count). The van der Waals surface area contributed by atoms with Gasteiger partial charge < -0.3 is 10.6 Å². The standard InChI is InChI=1S/C18H20F3N3O3/c1-17(15(26)23-16(27)24-17)11-5-3-7-13(9-11)22-14(25)10-4-2-6-12(8-10)18(19,20)21/h3,5,7,9-10,12H,2,4,6,8H2,1H3,(H,22,25)(H2,23,24,26,27)/t10-,12-,17-/m1/s1. The molecule has 0 bridgehead atoms. The largest absolute Gasteiger partial charge is 0.391 e. The Labute approximate surface area is 153 Å². The number of benzene rings is 1. The maximum absolute atomic E-state index is 12.9. The molecule has 3 atom stereocenters. The van der Waals surface area contributed by atoms with Crippen LogP contribution in [0.5, 0.6) is 0 Å². The first-order valence-corrected chi connectivity index (χ1v) is 8.71. The van der Waals surface area contributed by atoms with Gasteiger partial charge in [-0.05, 0) is 43.9 Å².